The molecule has 1 amide bonds. The van der Waals surface area contributed by atoms with Crippen LogP contribution in [0.15, 0.2) is 30.5 Å². The van der Waals surface area contributed by atoms with Gasteiger partial charge in [0.25, 0.3) is 5.91 Å². The van der Waals surface area contributed by atoms with Crippen molar-refractivity contribution < 1.29 is 9.18 Å². The summed E-state index contributed by atoms with van der Waals surface area (Å²) in [6, 6.07) is 6.12. The average molecular weight is 262 g/mol. The Balaban J connectivity index is 2.41. The first-order chi connectivity index (χ1) is 9.04. The van der Waals surface area contributed by atoms with Gasteiger partial charge in [0.05, 0.1) is 11.4 Å². The molecule has 0 atom stereocenters. The third-order valence-electron chi connectivity index (χ3n) is 2.76. The zero-order valence-electron chi connectivity index (χ0n) is 10.8. The van der Waals surface area contributed by atoms with Crippen molar-refractivity contribution >= 4 is 17.3 Å². The minimum Gasteiger partial charge on any atom is -0.396 e. The Bertz CT molecular complexity index is 608. The summed E-state index contributed by atoms with van der Waals surface area (Å²) in [6.45, 7) is 2.10. The molecule has 2 rings (SSSR count). The molecule has 19 heavy (non-hydrogen) atoms. The summed E-state index contributed by atoms with van der Waals surface area (Å²) >= 11 is 0. The highest BCUT2D eigenvalue weighted by Gasteiger charge is 2.23. The molecule has 1 aromatic heterocycles. The fourth-order valence-corrected chi connectivity index (χ4v) is 1.89. The maximum Gasteiger partial charge on any atom is 0.280 e. The fraction of sp³-hybridized carbons (Fsp3) is 0.231. The Morgan fingerprint density at radius 1 is 1.47 bits per heavy atom. The molecule has 0 bridgehead atoms. The molecule has 6 heteroatoms. The van der Waals surface area contributed by atoms with Gasteiger partial charge in [0, 0.05) is 19.8 Å². The molecule has 1 heterocycles. The third kappa shape index (κ3) is 2.42. The van der Waals surface area contributed by atoms with E-state index in [1.807, 2.05) is 0 Å². The van der Waals surface area contributed by atoms with Crippen LogP contribution in [0.5, 0.6) is 0 Å². The van der Waals surface area contributed by atoms with E-state index in [9.17, 15) is 9.18 Å². The van der Waals surface area contributed by atoms with E-state index in [-0.39, 0.29) is 17.1 Å². The minimum atomic E-state index is -0.452. The number of nitrogens with two attached hydrogens (primary N) is 1. The summed E-state index contributed by atoms with van der Waals surface area (Å²) in [5.74, 6) is -0.863. The van der Waals surface area contributed by atoms with E-state index >= 15 is 0 Å². The van der Waals surface area contributed by atoms with Gasteiger partial charge in [-0.2, -0.15) is 5.10 Å². The van der Waals surface area contributed by atoms with E-state index in [4.69, 9.17) is 5.73 Å². The number of nitrogen functional groups attached to an aromatic ring is 1. The third-order valence-corrected chi connectivity index (χ3v) is 2.76. The first-order valence-corrected chi connectivity index (χ1v) is 5.90. The van der Waals surface area contributed by atoms with Crippen LogP contribution in [-0.2, 0) is 7.05 Å². The molecule has 0 aliphatic heterocycles. The van der Waals surface area contributed by atoms with Crippen molar-refractivity contribution in [1.82, 2.24) is 9.78 Å². The van der Waals surface area contributed by atoms with Gasteiger partial charge < -0.3 is 10.6 Å². The first kappa shape index (κ1) is 13.1. The number of anilines is 2. The molecule has 1 aromatic carbocycles. The highest BCUT2D eigenvalue weighted by atomic mass is 19.1. The monoisotopic (exact) mass is 262 g/mol. The number of amides is 1. The van der Waals surface area contributed by atoms with Crippen molar-refractivity contribution in [3.05, 3.63) is 42.0 Å². The second-order valence-electron chi connectivity index (χ2n) is 4.11. The van der Waals surface area contributed by atoms with E-state index in [1.165, 1.54) is 15.6 Å². The van der Waals surface area contributed by atoms with Crippen LogP contribution in [0.2, 0.25) is 0 Å². The van der Waals surface area contributed by atoms with Crippen LogP contribution >= 0.6 is 0 Å². The second kappa shape index (κ2) is 5.09. The number of para-hydroxylation sites is 1. The molecular weight excluding hydrogens is 247 g/mol. The van der Waals surface area contributed by atoms with Gasteiger partial charge >= 0.3 is 0 Å². The second-order valence-corrected chi connectivity index (χ2v) is 4.11. The zero-order valence-corrected chi connectivity index (χ0v) is 10.8. The molecule has 2 aromatic rings. The summed E-state index contributed by atoms with van der Waals surface area (Å²) in [7, 11) is 1.67. The van der Waals surface area contributed by atoms with E-state index in [1.54, 1.807) is 38.4 Å². The van der Waals surface area contributed by atoms with Crippen LogP contribution in [0.4, 0.5) is 15.8 Å². The molecule has 5 nitrogen and oxygen atoms in total. The quantitative estimate of drug-likeness (QED) is 0.917. The molecule has 0 unspecified atom stereocenters. The Kier molecular flexibility index (Phi) is 3.50. The Hall–Kier alpha value is -2.37. The lowest BCUT2D eigenvalue weighted by molar-refractivity contribution is 0.0983. The maximum atomic E-state index is 13.8. The standard InChI is InChI=1S/C13H15FN4O/c1-3-18(11-7-5-4-6-9(11)14)13(19)12-10(15)8-17(2)16-12/h4-8H,3,15H2,1-2H3. The van der Waals surface area contributed by atoms with Crippen molar-refractivity contribution in [2.45, 2.75) is 6.92 Å². The normalized spacial score (nSPS) is 10.5. The molecule has 0 saturated carbocycles. The van der Waals surface area contributed by atoms with Gasteiger partial charge in [0.15, 0.2) is 5.69 Å². The summed E-state index contributed by atoms with van der Waals surface area (Å²) in [5, 5.41) is 4.01. The molecule has 0 radical (unpaired) electrons. The number of aromatic nitrogens is 2. The van der Waals surface area contributed by atoms with Gasteiger partial charge in [-0.25, -0.2) is 4.39 Å². The van der Waals surface area contributed by atoms with Gasteiger partial charge in [-0.05, 0) is 19.1 Å². The summed E-state index contributed by atoms with van der Waals surface area (Å²) in [5.41, 5.74) is 6.36. The Morgan fingerprint density at radius 3 is 2.68 bits per heavy atom. The van der Waals surface area contributed by atoms with Crippen LogP contribution in [0.25, 0.3) is 0 Å². The van der Waals surface area contributed by atoms with Gasteiger partial charge in [0.2, 0.25) is 0 Å². The molecular formula is C13H15FN4O. The largest absolute Gasteiger partial charge is 0.396 e. The SMILES string of the molecule is CCN(C(=O)c1nn(C)cc1N)c1ccccc1F. The highest BCUT2D eigenvalue weighted by Crippen LogP contribution is 2.22. The van der Waals surface area contributed by atoms with E-state index in [2.05, 4.69) is 5.10 Å². The molecule has 0 saturated heterocycles. The van der Waals surface area contributed by atoms with Gasteiger partial charge in [-0.3, -0.25) is 9.48 Å². The van der Waals surface area contributed by atoms with Crippen molar-refractivity contribution in [3.8, 4) is 0 Å². The molecule has 0 fully saturated rings. The lowest BCUT2D eigenvalue weighted by atomic mass is 10.2. The fourth-order valence-electron chi connectivity index (χ4n) is 1.89. The Morgan fingerprint density at radius 2 is 2.16 bits per heavy atom. The number of aryl methyl sites for hydroxylation is 1. The van der Waals surface area contributed by atoms with Crippen molar-refractivity contribution in [1.29, 1.82) is 0 Å². The summed E-state index contributed by atoms with van der Waals surface area (Å²) < 4.78 is 15.2. The number of hydrogen-bond donors (Lipinski definition) is 1. The predicted octanol–water partition coefficient (Wildman–Crippen LogP) is 1.81. The van der Waals surface area contributed by atoms with E-state index in [0.717, 1.165) is 0 Å². The van der Waals surface area contributed by atoms with Crippen LogP contribution in [0, 0.1) is 5.82 Å². The molecule has 0 spiro atoms. The Labute approximate surface area is 110 Å². The van der Waals surface area contributed by atoms with Crippen LogP contribution in [0.1, 0.15) is 17.4 Å². The number of nitrogens with zero attached hydrogens (tertiary/aromatic N) is 3. The number of carbonyl (C=O) groups is 1. The summed E-state index contributed by atoms with van der Waals surface area (Å²) in [4.78, 5) is 13.7. The number of hydrogen-bond acceptors (Lipinski definition) is 3. The van der Waals surface area contributed by atoms with Crippen LogP contribution in [0.3, 0.4) is 0 Å². The van der Waals surface area contributed by atoms with Crippen LogP contribution < -0.4 is 10.6 Å². The topological polar surface area (TPSA) is 64.2 Å². The minimum absolute atomic E-state index is 0.132. The average Bonchev–Trinajstić information content (AvgIpc) is 2.71. The molecule has 2 N–H and O–H groups in total. The number of rotatable bonds is 3. The van der Waals surface area contributed by atoms with Gasteiger partial charge in [-0.15, -0.1) is 0 Å². The molecule has 0 aliphatic rings. The smallest absolute Gasteiger partial charge is 0.280 e. The number of carbonyl (C=O) groups excluding carboxylic acids is 1. The first-order valence-electron chi connectivity index (χ1n) is 5.90. The van der Waals surface area contributed by atoms with E-state index in [0.29, 0.717) is 6.54 Å². The van der Waals surface area contributed by atoms with Crippen molar-refractivity contribution in [2.75, 3.05) is 17.2 Å². The lowest BCUT2D eigenvalue weighted by Crippen LogP contribution is -2.32. The zero-order chi connectivity index (χ0) is 14.0. The van der Waals surface area contributed by atoms with E-state index < -0.39 is 11.7 Å². The molecule has 0 aliphatic carbocycles. The van der Waals surface area contributed by atoms with Crippen molar-refractivity contribution in [3.63, 3.8) is 0 Å². The van der Waals surface area contributed by atoms with Gasteiger partial charge in [-0.1, -0.05) is 12.1 Å². The lowest BCUT2D eigenvalue weighted by Gasteiger charge is -2.20. The van der Waals surface area contributed by atoms with Gasteiger partial charge in [0.1, 0.15) is 5.82 Å². The summed E-state index contributed by atoms with van der Waals surface area (Å²) in [6.07, 6.45) is 1.54. The molecule has 100 valence electrons. The van der Waals surface area contributed by atoms with Crippen molar-refractivity contribution in [2.24, 2.45) is 7.05 Å². The highest BCUT2D eigenvalue weighted by molar-refractivity contribution is 6.07. The maximum absolute atomic E-state index is 13.8. The number of benzene rings is 1. The number of halogens is 1. The predicted molar refractivity (Wildman–Crippen MR) is 71.4 cm³/mol. The van der Waals surface area contributed by atoms with Crippen LogP contribution in [-0.4, -0.2) is 22.2 Å².